The number of nitrogens with zero attached hydrogens (tertiary/aromatic N) is 3. The van der Waals surface area contributed by atoms with Crippen LogP contribution in [-0.4, -0.2) is 42.1 Å². The number of halogens is 1. The summed E-state index contributed by atoms with van der Waals surface area (Å²) in [6.07, 6.45) is 8.61. The molecule has 5 rings (SSSR count). The monoisotopic (exact) mass is 417 g/mol. The van der Waals surface area contributed by atoms with Gasteiger partial charge in [-0.3, -0.25) is 4.98 Å². The molecule has 3 aromatic rings. The highest BCUT2D eigenvalue weighted by Gasteiger charge is 2.29. The molecule has 1 fully saturated rings. The van der Waals surface area contributed by atoms with Crippen LogP contribution < -0.4 is 4.90 Å². The number of pyridine rings is 1. The first-order chi connectivity index (χ1) is 15.2. The third kappa shape index (κ3) is 5.71. The van der Waals surface area contributed by atoms with E-state index in [1.165, 1.54) is 80.0 Å². The first-order valence-corrected chi connectivity index (χ1v) is 11.4. The zero-order valence-electron chi connectivity index (χ0n) is 18.4. The summed E-state index contributed by atoms with van der Waals surface area (Å²) in [6.45, 7) is 7.17. The number of fused-ring (bicyclic) bond motifs is 1. The van der Waals surface area contributed by atoms with Gasteiger partial charge in [-0.1, -0.05) is 43.3 Å². The van der Waals surface area contributed by atoms with Gasteiger partial charge in [-0.25, -0.2) is 4.39 Å². The molecule has 0 amide bonds. The van der Waals surface area contributed by atoms with Gasteiger partial charge in [-0.2, -0.15) is 0 Å². The first-order valence-electron chi connectivity index (χ1n) is 11.4. The normalized spacial score (nSPS) is 16.5. The Balaban J connectivity index is 0.000000282. The van der Waals surface area contributed by atoms with Crippen molar-refractivity contribution in [3.8, 4) is 0 Å². The summed E-state index contributed by atoms with van der Waals surface area (Å²) in [4.78, 5) is 9.51. The Hall–Kier alpha value is -2.72. The van der Waals surface area contributed by atoms with Crippen molar-refractivity contribution in [3.63, 3.8) is 0 Å². The van der Waals surface area contributed by atoms with E-state index in [0.29, 0.717) is 0 Å². The minimum Gasteiger partial charge on any atom is -0.368 e. The van der Waals surface area contributed by atoms with Crippen LogP contribution in [0.15, 0.2) is 73.1 Å². The van der Waals surface area contributed by atoms with Crippen LogP contribution in [-0.2, 0) is 12.8 Å². The van der Waals surface area contributed by atoms with Gasteiger partial charge in [0.25, 0.3) is 0 Å². The highest BCUT2D eigenvalue weighted by atomic mass is 19.1. The van der Waals surface area contributed by atoms with Crippen LogP contribution in [0.25, 0.3) is 0 Å². The second-order valence-corrected chi connectivity index (χ2v) is 8.41. The van der Waals surface area contributed by atoms with Crippen LogP contribution in [0, 0.1) is 5.82 Å². The highest BCUT2D eigenvalue weighted by molar-refractivity contribution is 5.60. The lowest BCUT2D eigenvalue weighted by molar-refractivity contribution is 0.219. The molecule has 1 saturated heterocycles. The Morgan fingerprint density at radius 2 is 1.74 bits per heavy atom. The highest BCUT2D eigenvalue weighted by Crippen LogP contribution is 2.34. The number of benzene rings is 2. The van der Waals surface area contributed by atoms with Gasteiger partial charge in [0, 0.05) is 43.8 Å². The minimum absolute atomic E-state index is 0.178. The molecule has 162 valence electrons. The quantitative estimate of drug-likeness (QED) is 0.571. The second-order valence-electron chi connectivity index (χ2n) is 8.41. The summed E-state index contributed by atoms with van der Waals surface area (Å²) in [5, 5.41) is 0. The SMILES string of the molecule is CCN1CCC(N2CCc3ccc(Cc4cccnc4)cc32)CC1.Fc1ccccc1. The molecule has 0 N–H and O–H groups in total. The maximum absolute atomic E-state index is 11.9. The largest absolute Gasteiger partial charge is 0.368 e. The van der Waals surface area contributed by atoms with Gasteiger partial charge >= 0.3 is 0 Å². The van der Waals surface area contributed by atoms with Crippen molar-refractivity contribution in [2.75, 3.05) is 31.1 Å². The third-order valence-corrected chi connectivity index (χ3v) is 6.39. The summed E-state index contributed by atoms with van der Waals surface area (Å²) in [5.41, 5.74) is 5.71. The minimum atomic E-state index is -0.178. The van der Waals surface area contributed by atoms with Crippen LogP contribution in [0.1, 0.15) is 36.5 Å². The third-order valence-electron chi connectivity index (χ3n) is 6.39. The van der Waals surface area contributed by atoms with Crippen LogP contribution in [0.4, 0.5) is 10.1 Å². The number of rotatable bonds is 4. The van der Waals surface area contributed by atoms with Crippen molar-refractivity contribution in [1.82, 2.24) is 9.88 Å². The van der Waals surface area contributed by atoms with Gasteiger partial charge in [-0.15, -0.1) is 0 Å². The van der Waals surface area contributed by atoms with Gasteiger partial charge in [0.15, 0.2) is 0 Å². The smallest absolute Gasteiger partial charge is 0.123 e. The Labute approximate surface area is 185 Å². The fraction of sp³-hybridized carbons (Fsp3) is 0.370. The van der Waals surface area contributed by atoms with Gasteiger partial charge < -0.3 is 9.80 Å². The van der Waals surface area contributed by atoms with Crippen molar-refractivity contribution in [1.29, 1.82) is 0 Å². The van der Waals surface area contributed by atoms with Crippen LogP contribution >= 0.6 is 0 Å². The van der Waals surface area contributed by atoms with E-state index in [0.717, 1.165) is 12.5 Å². The standard InChI is InChI=1S/C21H27N3.C6H5F/c1-2-23-11-8-20(9-12-23)24-13-7-19-6-5-17(15-21(19)24)14-18-4-3-10-22-16-18;7-6-4-2-1-3-5-6/h3-6,10,15-16,20H,2,7-9,11-14H2,1H3;1-5H. The molecule has 0 spiro atoms. The van der Waals surface area contributed by atoms with Crippen LogP contribution in [0.3, 0.4) is 0 Å². The Bertz CT molecular complexity index is 937. The molecule has 2 aliphatic rings. The topological polar surface area (TPSA) is 19.4 Å². The first kappa shape index (κ1) is 21.5. The summed E-state index contributed by atoms with van der Waals surface area (Å²) < 4.78 is 11.9. The molecule has 1 aromatic heterocycles. The summed E-state index contributed by atoms with van der Waals surface area (Å²) >= 11 is 0. The molecule has 0 radical (unpaired) electrons. The lowest BCUT2D eigenvalue weighted by atomic mass is 10.0. The fourth-order valence-electron chi connectivity index (χ4n) is 4.64. The van der Waals surface area contributed by atoms with E-state index < -0.39 is 0 Å². The van der Waals surface area contributed by atoms with Gasteiger partial charge in [0.1, 0.15) is 5.82 Å². The predicted octanol–water partition coefficient (Wildman–Crippen LogP) is 5.34. The molecule has 2 aliphatic heterocycles. The van der Waals surface area contributed by atoms with Crippen molar-refractivity contribution >= 4 is 5.69 Å². The Morgan fingerprint density at radius 1 is 0.935 bits per heavy atom. The van der Waals surface area contributed by atoms with Gasteiger partial charge in [-0.05, 0) is 73.2 Å². The maximum atomic E-state index is 11.9. The van der Waals surface area contributed by atoms with E-state index in [1.54, 1.807) is 18.2 Å². The Morgan fingerprint density at radius 3 is 2.39 bits per heavy atom. The lowest BCUT2D eigenvalue weighted by Crippen LogP contribution is -2.44. The average molecular weight is 418 g/mol. The van der Waals surface area contributed by atoms with E-state index in [-0.39, 0.29) is 5.82 Å². The molecule has 31 heavy (non-hydrogen) atoms. The number of aromatic nitrogens is 1. The Kier molecular flexibility index (Phi) is 7.31. The fourth-order valence-corrected chi connectivity index (χ4v) is 4.64. The zero-order chi connectivity index (χ0) is 21.5. The molecule has 0 aliphatic carbocycles. The van der Waals surface area contributed by atoms with Crippen LogP contribution in [0.5, 0.6) is 0 Å². The van der Waals surface area contributed by atoms with Gasteiger partial charge in [0.2, 0.25) is 0 Å². The molecule has 3 heterocycles. The van der Waals surface area contributed by atoms with E-state index >= 15 is 0 Å². The van der Waals surface area contributed by atoms with Crippen molar-refractivity contribution in [2.45, 2.75) is 38.6 Å². The van der Waals surface area contributed by atoms with E-state index in [2.05, 4.69) is 46.0 Å². The number of hydrogen-bond acceptors (Lipinski definition) is 3. The van der Waals surface area contributed by atoms with E-state index in [9.17, 15) is 4.39 Å². The predicted molar refractivity (Wildman–Crippen MR) is 126 cm³/mol. The summed E-state index contributed by atoms with van der Waals surface area (Å²) in [5.74, 6) is -0.178. The van der Waals surface area contributed by atoms with Crippen molar-refractivity contribution in [3.05, 3.63) is 95.6 Å². The number of anilines is 1. The molecule has 0 bridgehead atoms. The second kappa shape index (κ2) is 10.5. The maximum Gasteiger partial charge on any atom is 0.123 e. The lowest BCUT2D eigenvalue weighted by Gasteiger charge is -2.37. The van der Waals surface area contributed by atoms with Crippen LogP contribution in [0.2, 0.25) is 0 Å². The molecular formula is C27H32FN3. The zero-order valence-corrected chi connectivity index (χ0v) is 18.4. The number of hydrogen-bond donors (Lipinski definition) is 0. The molecule has 2 aromatic carbocycles. The summed E-state index contributed by atoms with van der Waals surface area (Å²) in [6, 6.07) is 19.9. The molecular weight excluding hydrogens is 385 g/mol. The molecule has 0 saturated carbocycles. The average Bonchev–Trinajstić information content (AvgIpc) is 3.24. The van der Waals surface area contributed by atoms with E-state index in [4.69, 9.17) is 0 Å². The molecule has 3 nitrogen and oxygen atoms in total. The summed E-state index contributed by atoms with van der Waals surface area (Å²) in [7, 11) is 0. The molecule has 0 unspecified atom stereocenters. The van der Waals surface area contributed by atoms with Crippen molar-refractivity contribution in [2.24, 2.45) is 0 Å². The van der Waals surface area contributed by atoms with Crippen molar-refractivity contribution < 1.29 is 4.39 Å². The van der Waals surface area contributed by atoms with E-state index in [1.807, 2.05) is 18.5 Å². The number of likely N-dealkylation sites (tertiary alicyclic amines) is 1. The molecule has 4 heteroatoms. The molecule has 0 atom stereocenters. The number of piperidine rings is 1. The van der Waals surface area contributed by atoms with Gasteiger partial charge in [0.05, 0.1) is 0 Å².